The number of azide groups is 1. The van der Waals surface area contributed by atoms with E-state index in [1.807, 2.05) is 0 Å². The van der Waals surface area contributed by atoms with Crippen molar-refractivity contribution in [2.24, 2.45) is 5.11 Å². The number of hydrogen-bond acceptors (Lipinski definition) is 8. The lowest BCUT2D eigenvalue weighted by Crippen LogP contribution is -2.32. The van der Waals surface area contributed by atoms with Gasteiger partial charge in [0.1, 0.15) is 17.7 Å². The number of nitrogens with two attached hydrogens (primary N) is 1. The summed E-state index contributed by atoms with van der Waals surface area (Å²) in [5, 5.41) is 23.9. The molecule has 3 rings (SSSR count). The van der Waals surface area contributed by atoms with Crippen molar-refractivity contribution in [3.05, 3.63) is 22.6 Å². The molecule has 2 aromatic heterocycles. The normalized spacial score (nSPS) is 23.6. The fourth-order valence-electron chi connectivity index (χ4n) is 3.19. The Morgan fingerprint density at radius 3 is 2.90 bits per heavy atom. The highest BCUT2D eigenvalue weighted by molar-refractivity contribution is 5.82. The van der Waals surface area contributed by atoms with E-state index < -0.39 is 24.5 Å². The molecule has 11 nitrogen and oxygen atoms in total. The molecule has 0 aromatic carbocycles. The third-order valence-corrected chi connectivity index (χ3v) is 4.74. The minimum absolute atomic E-state index is 0.107. The molecular weight excluding hydrogens is 376 g/mol. The van der Waals surface area contributed by atoms with Gasteiger partial charge in [-0.3, -0.25) is 4.57 Å². The second kappa shape index (κ2) is 9.54. The molecule has 3 heterocycles. The fraction of sp³-hybridized carbons (Fsp3) is 0.611. The maximum atomic E-state index is 10.4. The standard InChI is InChI=1S/C18H24N8O3/c1-2-3-4-5-6-7-8-12-23-16(19)13-17(24-12)26(10-21-13)18-15(28)14(27)11(29-18)9-22-25-20/h10-11,14-15,18,27-28H,2-6,9H2,1H3,(H2,19,23,24)/t11-,14-,15-,18-/m1/s1. The summed E-state index contributed by atoms with van der Waals surface area (Å²) in [5.41, 5.74) is 15.1. The minimum atomic E-state index is -1.25. The number of nitrogen functional groups attached to an aromatic ring is 1. The predicted octanol–water partition coefficient (Wildman–Crippen LogP) is 1.66. The molecule has 1 fully saturated rings. The number of fused-ring (bicyclic) bond motifs is 1. The van der Waals surface area contributed by atoms with Gasteiger partial charge in [0, 0.05) is 11.3 Å². The van der Waals surface area contributed by atoms with Crippen LogP contribution in [0.25, 0.3) is 21.6 Å². The molecule has 4 N–H and O–H groups in total. The maximum Gasteiger partial charge on any atom is 0.208 e. The first-order valence-corrected chi connectivity index (χ1v) is 9.58. The summed E-state index contributed by atoms with van der Waals surface area (Å²) in [4.78, 5) is 15.4. The number of rotatable bonds is 7. The van der Waals surface area contributed by atoms with Crippen molar-refractivity contribution in [2.75, 3.05) is 12.3 Å². The van der Waals surface area contributed by atoms with E-state index in [0.717, 1.165) is 19.3 Å². The van der Waals surface area contributed by atoms with Crippen molar-refractivity contribution in [1.29, 1.82) is 0 Å². The Labute approximate surface area is 167 Å². The molecule has 0 spiro atoms. The molecule has 0 amide bonds. The molecule has 2 aromatic rings. The minimum Gasteiger partial charge on any atom is -0.388 e. The van der Waals surface area contributed by atoms with Crippen LogP contribution in [-0.2, 0) is 4.74 Å². The van der Waals surface area contributed by atoms with Crippen molar-refractivity contribution in [3.8, 4) is 11.8 Å². The van der Waals surface area contributed by atoms with Crippen molar-refractivity contribution < 1.29 is 14.9 Å². The third-order valence-electron chi connectivity index (χ3n) is 4.74. The molecule has 0 aliphatic carbocycles. The van der Waals surface area contributed by atoms with Crippen LogP contribution in [0.2, 0.25) is 0 Å². The second-order valence-corrected chi connectivity index (χ2v) is 6.83. The summed E-state index contributed by atoms with van der Waals surface area (Å²) < 4.78 is 7.15. The number of nitrogens with zero attached hydrogens (tertiary/aromatic N) is 7. The van der Waals surface area contributed by atoms with E-state index in [4.69, 9.17) is 16.0 Å². The van der Waals surface area contributed by atoms with Gasteiger partial charge in [0.2, 0.25) is 5.82 Å². The molecule has 4 atom stereocenters. The molecule has 11 heteroatoms. The van der Waals surface area contributed by atoms with Gasteiger partial charge in [-0.15, -0.1) is 0 Å². The zero-order valence-corrected chi connectivity index (χ0v) is 16.1. The van der Waals surface area contributed by atoms with Crippen LogP contribution in [0.5, 0.6) is 0 Å². The van der Waals surface area contributed by atoms with Crippen molar-refractivity contribution in [2.45, 2.75) is 63.6 Å². The van der Waals surface area contributed by atoms with Crippen LogP contribution >= 0.6 is 0 Å². The summed E-state index contributed by atoms with van der Waals surface area (Å²) in [7, 11) is 0. The molecule has 0 bridgehead atoms. The van der Waals surface area contributed by atoms with Crippen molar-refractivity contribution >= 4 is 17.0 Å². The zero-order valence-electron chi connectivity index (χ0n) is 16.1. The number of imidazole rings is 1. The van der Waals surface area contributed by atoms with E-state index in [9.17, 15) is 10.2 Å². The van der Waals surface area contributed by atoms with Gasteiger partial charge in [0.15, 0.2) is 17.7 Å². The van der Waals surface area contributed by atoms with Gasteiger partial charge in [0.25, 0.3) is 0 Å². The van der Waals surface area contributed by atoms with Crippen LogP contribution in [-0.4, -0.2) is 54.6 Å². The van der Waals surface area contributed by atoms with Gasteiger partial charge in [0.05, 0.1) is 19.0 Å². The first kappa shape index (κ1) is 20.8. The average Bonchev–Trinajstić information content (AvgIpc) is 3.25. The Kier molecular flexibility index (Phi) is 6.85. The fourth-order valence-corrected chi connectivity index (χ4v) is 3.19. The molecule has 154 valence electrons. The quantitative estimate of drug-likeness (QED) is 0.209. The number of unbranched alkanes of at least 4 members (excludes halogenated alkanes) is 4. The molecule has 1 aliphatic heterocycles. The zero-order chi connectivity index (χ0) is 20.8. The van der Waals surface area contributed by atoms with E-state index in [2.05, 4.69) is 43.7 Å². The van der Waals surface area contributed by atoms with E-state index in [0.29, 0.717) is 11.2 Å². The molecule has 29 heavy (non-hydrogen) atoms. The highest BCUT2D eigenvalue weighted by Gasteiger charge is 2.44. The van der Waals surface area contributed by atoms with E-state index in [1.165, 1.54) is 23.7 Å². The van der Waals surface area contributed by atoms with Gasteiger partial charge in [-0.1, -0.05) is 37.2 Å². The predicted molar refractivity (Wildman–Crippen MR) is 105 cm³/mol. The molecule has 0 radical (unpaired) electrons. The third kappa shape index (κ3) is 4.58. The first-order valence-electron chi connectivity index (χ1n) is 9.58. The van der Waals surface area contributed by atoms with Gasteiger partial charge in [-0.2, -0.15) is 0 Å². The number of ether oxygens (including phenoxy) is 1. The largest absolute Gasteiger partial charge is 0.388 e. The van der Waals surface area contributed by atoms with Gasteiger partial charge < -0.3 is 20.7 Å². The number of aromatic nitrogens is 4. The van der Waals surface area contributed by atoms with Crippen molar-refractivity contribution in [1.82, 2.24) is 19.5 Å². The highest BCUT2D eigenvalue weighted by atomic mass is 16.6. The Morgan fingerprint density at radius 1 is 1.31 bits per heavy atom. The van der Waals surface area contributed by atoms with Gasteiger partial charge >= 0.3 is 0 Å². The second-order valence-electron chi connectivity index (χ2n) is 6.83. The number of aliphatic hydroxyl groups is 2. The lowest BCUT2D eigenvalue weighted by molar-refractivity contribution is -0.0321. The SMILES string of the molecule is CCCCCCC#Cc1nc(N)c2ncn([C@@H]3O[C@H](CN=[N+]=[N-])[C@@H](O)[C@H]3O)c2n1. The Hall–Kier alpha value is -2.90. The van der Waals surface area contributed by atoms with E-state index >= 15 is 0 Å². The lowest BCUT2D eigenvalue weighted by atomic mass is 10.1. The number of aliphatic hydroxyl groups excluding tert-OH is 2. The smallest absolute Gasteiger partial charge is 0.208 e. The van der Waals surface area contributed by atoms with E-state index in [1.54, 1.807) is 0 Å². The van der Waals surface area contributed by atoms with Gasteiger partial charge in [-0.05, 0) is 17.9 Å². The monoisotopic (exact) mass is 400 g/mol. The summed E-state index contributed by atoms with van der Waals surface area (Å²) in [6, 6.07) is 0. The molecule has 0 saturated carbocycles. The number of hydrogen-bond donors (Lipinski definition) is 3. The summed E-state index contributed by atoms with van der Waals surface area (Å²) in [6.45, 7) is 2.05. The average molecular weight is 400 g/mol. The first-order chi connectivity index (χ1) is 14.1. The topological polar surface area (TPSA) is 168 Å². The van der Waals surface area contributed by atoms with E-state index in [-0.39, 0.29) is 18.2 Å². The van der Waals surface area contributed by atoms with Crippen LogP contribution in [0.3, 0.4) is 0 Å². The summed E-state index contributed by atoms with van der Waals surface area (Å²) >= 11 is 0. The lowest BCUT2D eigenvalue weighted by Gasteiger charge is -2.16. The molecule has 1 saturated heterocycles. The molecular formula is C18H24N8O3. The summed E-state index contributed by atoms with van der Waals surface area (Å²) in [5.74, 6) is 6.39. The maximum absolute atomic E-state index is 10.4. The Balaban J connectivity index is 1.83. The van der Waals surface area contributed by atoms with Crippen LogP contribution in [0.15, 0.2) is 11.4 Å². The van der Waals surface area contributed by atoms with Gasteiger partial charge in [-0.25, -0.2) is 15.0 Å². The highest BCUT2D eigenvalue weighted by Crippen LogP contribution is 2.32. The molecule has 0 unspecified atom stereocenters. The number of anilines is 1. The summed E-state index contributed by atoms with van der Waals surface area (Å²) in [6.07, 6.45) is 2.39. The van der Waals surface area contributed by atoms with Crippen LogP contribution < -0.4 is 5.73 Å². The molecule has 1 aliphatic rings. The Morgan fingerprint density at radius 2 is 2.14 bits per heavy atom. The Bertz CT molecular complexity index is 959. The van der Waals surface area contributed by atoms with Crippen LogP contribution in [0, 0.1) is 11.8 Å². The van der Waals surface area contributed by atoms with Crippen molar-refractivity contribution in [3.63, 3.8) is 0 Å². The van der Waals surface area contributed by atoms with Crippen LogP contribution in [0.1, 0.15) is 51.1 Å². The van der Waals surface area contributed by atoms with Crippen LogP contribution in [0.4, 0.5) is 5.82 Å².